The summed E-state index contributed by atoms with van der Waals surface area (Å²) >= 11 is 0. The van der Waals surface area contributed by atoms with Gasteiger partial charge in [0.1, 0.15) is 6.33 Å². The summed E-state index contributed by atoms with van der Waals surface area (Å²) in [5.74, 6) is -1.55. The lowest BCUT2D eigenvalue weighted by atomic mass is 10.2. The van der Waals surface area contributed by atoms with Gasteiger partial charge in [0.15, 0.2) is 0 Å². The number of nitro groups is 1. The van der Waals surface area contributed by atoms with Gasteiger partial charge < -0.3 is 5.32 Å². The molecule has 0 unspecified atom stereocenters. The van der Waals surface area contributed by atoms with Crippen molar-refractivity contribution in [1.29, 1.82) is 0 Å². The van der Waals surface area contributed by atoms with Gasteiger partial charge in [0.05, 0.1) is 10.5 Å². The van der Waals surface area contributed by atoms with Crippen molar-refractivity contribution in [2.45, 2.75) is 0 Å². The molecule has 0 fully saturated rings. The molecule has 7 nitrogen and oxygen atoms in total. The van der Waals surface area contributed by atoms with E-state index in [9.17, 15) is 19.3 Å². The Balaban J connectivity index is 2.19. The molecule has 0 aliphatic rings. The minimum Gasteiger partial charge on any atom is -0.322 e. The molecule has 0 atom stereocenters. The summed E-state index contributed by atoms with van der Waals surface area (Å²) in [6.07, 6.45) is 3.86. The Morgan fingerprint density at radius 2 is 2.00 bits per heavy atom. The van der Waals surface area contributed by atoms with Crippen LogP contribution in [-0.4, -0.2) is 20.8 Å². The molecule has 1 heterocycles. The first kappa shape index (κ1) is 12.6. The van der Waals surface area contributed by atoms with Crippen molar-refractivity contribution in [3.05, 3.63) is 58.4 Å². The molecule has 0 aliphatic carbocycles. The van der Waals surface area contributed by atoms with E-state index >= 15 is 0 Å². The average Bonchev–Trinajstić information content (AvgIpc) is 2.39. The molecule has 1 amide bonds. The summed E-state index contributed by atoms with van der Waals surface area (Å²) in [4.78, 5) is 28.6. The van der Waals surface area contributed by atoms with E-state index in [1.165, 1.54) is 24.8 Å². The van der Waals surface area contributed by atoms with E-state index in [1.807, 2.05) is 0 Å². The average molecular weight is 262 g/mol. The summed E-state index contributed by atoms with van der Waals surface area (Å²) in [6.45, 7) is 0. The van der Waals surface area contributed by atoms with Gasteiger partial charge in [-0.3, -0.25) is 14.9 Å². The van der Waals surface area contributed by atoms with Crippen LogP contribution in [0.15, 0.2) is 36.9 Å². The minimum atomic E-state index is -1.02. The molecule has 0 saturated heterocycles. The van der Waals surface area contributed by atoms with E-state index in [0.717, 1.165) is 12.1 Å². The van der Waals surface area contributed by atoms with Crippen LogP contribution in [0.2, 0.25) is 0 Å². The molecule has 1 N–H and O–H groups in total. The van der Waals surface area contributed by atoms with Crippen LogP contribution in [0.1, 0.15) is 10.4 Å². The van der Waals surface area contributed by atoms with Crippen molar-refractivity contribution >= 4 is 17.3 Å². The topological polar surface area (TPSA) is 98.0 Å². The zero-order valence-electron chi connectivity index (χ0n) is 9.41. The lowest BCUT2D eigenvalue weighted by Gasteiger charge is -2.04. The molecule has 8 heteroatoms. The standard InChI is InChI=1S/C11H7FN4O3/c12-9-3-8(1-2-10(9)16(18)19)15-11(17)7-4-13-6-14-5-7/h1-6H,(H,15,17). The summed E-state index contributed by atoms with van der Waals surface area (Å²) in [6, 6.07) is 3.09. The fraction of sp³-hybridized carbons (Fsp3) is 0. The Bertz CT molecular complexity index is 633. The Morgan fingerprint density at radius 3 is 2.58 bits per heavy atom. The van der Waals surface area contributed by atoms with E-state index in [2.05, 4.69) is 15.3 Å². The van der Waals surface area contributed by atoms with E-state index in [4.69, 9.17) is 0 Å². The largest absolute Gasteiger partial charge is 0.322 e. The predicted octanol–water partition coefficient (Wildman–Crippen LogP) is 1.78. The van der Waals surface area contributed by atoms with Gasteiger partial charge in [-0.15, -0.1) is 0 Å². The summed E-state index contributed by atoms with van der Waals surface area (Å²) in [5.41, 5.74) is -0.348. The van der Waals surface area contributed by atoms with Crippen LogP contribution in [0.4, 0.5) is 15.8 Å². The van der Waals surface area contributed by atoms with Gasteiger partial charge in [-0.1, -0.05) is 0 Å². The van der Waals surface area contributed by atoms with Crippen molar-refractivity contribution in [3.63, 3.8) is 0 Å². The van der Waals surface area contributed by atoms with Crippen molar-refractivity contribution in [2.75, 3.05) is 5.32 Å². The molecular weight excluding hydrogens is 255 g/mol. The predicted molar refractivity (Wildman–Crippen MR) is 63.0 cm³/mol. The normalized spacial score (nSPS) is 9.95. The van der Waals surface area contributed by atoms with Crippen LogP contribution in [0, 0.1) is 15.9 Å². The number of anilines is 1. The highest BCUT2D eigenvalue weighted by molar-refractivity contribution is 6.03. The van der Waals surface area contributed by atoms with Gasteiger partial charge >= 0.3 is 5.69 Å². The second-order valence-corrected chi connectivity index (χ2v) is 3.50. The van der Waals surface area contributed by atoms with Crippen LogP contribution < -0.4 is 5.32 Å². The van der Waals surface area contributed by atoms with Gasteiger partial charge in [-0.05, 0) is 6.07 Å². The number of nitrogens with one attached hydrogen (secondary N) is 1. The number of carbonyl (C=O) groups is 1. The Hall–Kier alpha value is -2.90. The molecule has 0 aliphatic heterocycles. The molecule has 0 saturated carbocycles. The number of nitrogens with zero attached hydrogens (tertiary/aromatic N) is 3. The SMILES string of the molecule is O=C(Nc1ccc([N+](=O)[O-])c(F)c1)c1cncnc1. The molecule has 1 aromatic carbocycles. The number of hydrogen-bond donors (Lipinski definition) is 1. The second kappa shape index (κ2) is 5.17. The number of aromatic nitrogens is 2. The van der Waals surface area contributed by atoms with Gasteiger partial charge in [0.25, 0.3) is 5.91 Å². The fourth-order valence-corrected chi connectivity index (χ4v) is 1.35. The first-order valence-corrected chi connectivity index (χ1v) is 5.08. The number of carbonyl (C=O) groups excluding carboxylic acids is 1. The number of amides is 1. The van der Waals surface area contributed by atoms with Crippen molar-refractivity contribution in [2.24, 2.45) is 0 Å². The minimum absolute atomic E-state index is 0.108. The third-order valence-electron chi connectivity index (χ3n) is 2.23. The summed E-state index contributed by atoms with van der Waals surface area (Å²) in [7, 11) is 0. The van der Waals surface area contributed by atoms with Gasteiger partial charge in [-0.25, -0.2) is 9.97 Å². The van der Waals surface area contributed by atoms with E-state index in [-0.39, 0.29) is 11.3 Å². The van der Waals surface area contributed by atoms with Crippen LogP contribution in [-0.2, 0) is 0 Å². The van der Waals surface area contributed by atoms with E-state index in [1.54, 1.807) is 0 Å². The first-order valence-electron chi connectivity index (χ1n) is 5.08. The van der Waals surface area contributed by atoms with Crippen LogP contribution >= 0.6 is 0 Å². The third kappa shape index (κ3) is 2.86. The number of hydrogen-bond acceptors (Lipinski definition) is 5. The lowest BCUT2D eigenvalue weighted by Crippen LogP contribution is -2.12. The third-order valence-corrected chi connectivity index (χ3v) is 2.23. The maximum absolute atomic E-state index is 13.3. The van der Waals surface area contributed by atoms with E-state index < -0.39 is 22.3 Å². The highest BCUT2D eigenvalue weighted by Crippen LogP contribution is 2.21. The molecule has 2 aromatic rings. The quantitative estimate of drug-likeness (QED) is 0.671. The van der Waals surface area contributed by atoms with Gasteiger partial charge in [0, 0.05) is 30.2 Å². The zero-order valence-corrected chi connectivity index (χ0v) is 9.41. The molecule has 19 heavy (non-hydrogen) atoms. The van der Waals surface area contributed by atoms with Gasteiger partial charge in [-0.2, -0.15) is 4.39 Å². The van der Waals surface area contributed by atoms with Crippen LogP contribution in [0.25, 0.3) is 0 Å². The van der Waals surface area contributed by atoms with Crippen LogP contribution in [0.5, 0.6) is 0 Å². The Morgan fingerprint density at radius 1 is 1.32 bits per heavy atom. The fourth-order valence-electron chi connectivity index (χ4n) is 1.35. The number of halogens is 1. The van der Waals surface area contributed by atoms with Crippen LogP contribution in [0.3, 0.4) is 0 Å². The molecule has 0 spiro atoms. The first-order chi connectivity index (χ1) is 9.08. The monoisotopic (exact) mass is 262 g/mol. The maximum Gasteiger partial charge on any atom is 0.304 e. The van der Waals surface area contributed by atoms with E-state index in [0.29, 0.717) is 0 Å². The highest BCUT2D eigenvalue weighted by Gasteiger charge is 2.15. The van der Waals surface area contributed by atoms with Gasteiger partial charge in [0.2, 0.25) is 5.82 Å². The van der Waals surface area contributed by atoms with Crippen molar-refractivity contribution in [3.8, 4) is 0 Å². The number of nitro benzene ring substituents is 1. The molecular formula is C11H7FN4O3. The van der Waals surface area contributed by atoms with Crippen molar-refractivity contribution < 1.29 is 14.1 Å². The molecule has 0 bridgehead atoms. The second-order valence-electron chi connectivity index (χ2n) is 3.50. The number of rotatable bonds is 3. The summed E-state index contributed by atoms with van der Waals surface area (Å²) < 4.78 is 13.3. The smallest absolute Gasteiger partial charge is 0.304 e. The maximum atomic E-state index is 13.3. The highest BCUT2D eigenvalue weighted by atomic mass is 19.1. The molecule has 1 aromatic heterocycles. The Kier molecular flexibility index (Phi) is 3.42. The zero-order chi connectivity index (χ0) is 13.8. The molecule has 96 valence electrons. The lowest BCUT2D eigenvalue weighted by molar-refractivity contribution is -0.387. The molecule has 0 radical (unpaired) electrons. The molecule has 2 rings (SSSR count). The summed E-state index contributed by atoms with van der Waals surface area (Å²) in [5, 5.41) is 12.8. The number of benzene rings is 1. The Labute approximate surface area is 106 Å². The van der Waals surface area contributed by atoms with Crippen molar-refractivity contribution in [1.82, 2.24) is 9.97 Å².